The first-order valence-electron chi connectivity index (χ1n) is 12.1. The summed E-state index contributed by atoms with van der Waals surface area (Å²) in [5.74, 6) is -1.79. The Morgan fingerprint density at radius 2 is 1.75 bits per heavy atom. The highest BCUT2D eigenvalue weighted by Crippen LogP contribution is 2.35. The number of hydrogen-bond donors (Lipinski definition) is 2. The van der Waals surface area contributed by atoms with Crippen LogP contribution in [0.2, 0.25) is 0 Å². The molecule has 2 aromatic carbocycles. The molecule has 0 amide bonds. The molecule has 11 heteroatoms. The third-order valence-electron chi connectivity index (χ3n) is 6.57. The molecule has 0 atom stereocenters. The van der Waals surface area contributed by atoms with Crippen molar-refractivity contribution in [2.24, 2.45) is 0 Å². The van der Waals surface area contributed by atoms with Crippen molar-refractivity contribution in [3.05, 3.63) is 105 Å². The number of H-pyrrole nitrogens is 1. The Balaban J connectivity index is 1.60. The van der Waals surface area contributed by atoms with E-state index in [0.717, 1.165) is 28.3 Å². The zero-order chi connectivity index (χ0) is 28.6. The Labute approximate surface area is 225 Å². The topological polar surface area (TPSA) is 149 Å². The van der Waals surface area contributed by atoms with Gasteiger partial charge in [0.25, 0.3) is 5.56 Å². The highest BCUT2D eigenvalue weighted by Gasteiger charge is 2.23. The average molecular weight is 542 g/mol. The fourth-order valence-electron chi connectivity index (χ4n) is 4.71. The number of aromatic nitrogens is 3. The lowest BCUT2D eigenvalue weighted by atomic mass is 9.98. The van der Waals surface area contributed by atoms with Crippen LogP contribution in [0.3, 0.4) is 0 Å². The molecule has 202 valence electrons. The Morgan fingerprint density at radius 1 is 1.00 bits per heavy atom. The molecule has 0 aliphatic heterocycles. The largest absolute Gasteiger partial charge is 0.482 e. The molecule has 3 heterocycles. The highest BCUT2D eigenvalue weighted by molar-refractivity contribution is 6.12. The fourth-order valence-corrected chi connectivity index (χ4v) is 4.71. The SMILES string of the molecule is COC(=O)Cn1c(=O)[nH]c2ccc(C(=O)c3c(C)c(-c4ccc(OCC(=O)O)cc4)c4ccccn34)cc2c1=O. The zero-order valence-electron chi connectivity index (χ0n) is 21.5. The number of carbonyl (C=O) groups is 3. The fraction of sp³-hybridized carbons (Fsp3) is 0.138. The van der Waals surface area contributed by atoms with E-state index in [2.05, 4.69) is 9.72 Å². The highest BCUT2D eigenvalue weighted by atomic mass is 16.5. The maximum atomic E-state index is 13.9. The summed E-state index contributed by atoms with van der Waals surface area (Å²) < 4.78 is 12.3. The van der Waals surface area contributed by atoms with Gasteiger partial charge in [0, 0.05) is 17.3 Å². The number of carboxylic acid groups (broad SMARTS) is 1. The Morgan fingerprint density at radius 3 is 2.45 bits per heavy atom. The van der Waals surface area contributed by atoms with Gasteiger partial charge in [-0.2, -0.15) is 0 Å². The molecular formula is C29H23N3O8. The average Bonchev–Trinajstić information content (AvgIpc) is 3.25. The number of nitrogens with one attached hydrogen (secondary N) is 1. The number of rotatable bonds is 8. The van der Waals surface area contributed by atoms with Crippen LogP contribution in [-0.2, 0) is 20.9 Å². The van der Waals surface area contributed by atoms with E-state index in [1.54, 1.807) is 40.9 Å². The van der Waals surface area contributed by atoms with Crippen molar-refractivity contribution in [1.29, 1.82) is 0 Å². The molecule has 2 N–H and O–H groups in total. The summed E-state index contributed by atoms with van der Waals surface area (Å²) in [5, 5.41) is 8.92. The molecule has 0 radical (unpaired) electrons. The number of esters is 1. The summed E-state index contributed by atoms with van der Waals surface area (Å²) in [6.45, 7) is 0.802. The number of fused-ring (bicyclic) bond motifs is 2. The molecule has 11 nitrogen and oxygen atoms in total. The van der Waals surface area contributed by atoms with E-state index in [4.69, 9.17) is 9.84 Å². The van der Waals surface area contributed by atoms with Crippen LogP contribution >= 0.6 is 0 Å². The van der Waals surface area contributed by atoms with E-state index >= 15 is 0 Å². The van der Waals surface area contributed by atoms with Gasteiger partial charge in [-0.15, -0.1) is 0 Å². The molecule has 0 saturated carbocycles. The van der Waals surface area contributed by atoms with Crippen LogP contribution in [0.15, 0.2) is 76.4 Å². The Hall–Kier alpha value is -5.45. The molecule has 0 fully saturated rings. The number of hydrogen-bond acceptors (Lipinski definition) is 7. The minimum atomic E-state index is -1.08. The first kappa shape index (κ1) is 26.2. The van der Waals surface area contributed by atoms with E-state index in [1.807, 2.05) is 19.1 Å². The number of nitrogens with zero attached hydrogens (tertiary/aromatic N) is 2. The van der Waals surface area contributed by atoms with Crippen LogP contribution in [0.5, 0.6) is 5.75 Å². The van der Waals surface area contributed by atoms with E-state index in [-0.39, 0.29) is 22.2 Å². The standard InChI is InChI=1S/C29H23N3O8/c1-16-25(17-6-9-19(10-7-17)40-15-23(33)34)22-5-3-4-12-31(22)26(16)27(36)18-8-11-21-20(13-18)28(37)32(29(38)30-21)14-24(35)39-2/h3-13H,14-15H2,1-2H3,(H,30,38)(H,33,34). The second-order valence-corrected chi connectivity index (χ2v) is 9.00. The number of methoxy groups -OCH3 is 1. The molecule has 5 aromatic rings. The molecular weight excluding hydrogens is 518 g/mol. The lowest BCUT2D eigenvalue weighted by Crippen LogP contribution is -2.37. The third kappa shape index (κ3) is 4.64. The van der Waals surface area contributed by atoms with Crippen molar-refractivity contribution in [2.75, 3.05) is 13.7 Å². The second-order valence-electron chi connectivity index (χ2n) is 9.00. The van der Waals surface area contributed by atoms with Crippen LogP contribution in [-0.4, -0.2) is 50.5 Å². The normalized spacial score (nSPS) is 11.1. The van der Waals surface area contributed by atoms with Crippen molar-refractivity contribution in [2.45, 2.75) is 13.5 Å². The summed E-state index contributed by atoms with van der Waals surface area (Å²) in [7, 11) is 1.15. The van der Waals surface area contributed by atoms with Gasteiger partial charge >= 0.3 is 17.6 Å². The van der Waals surface area contributed by atoms with Gasteiger partial charge in [0.1, 0.15) is 12.3 Å². The Bertz CT molecular complexity index is 1930. The second kappa shape index (κ2) is 10.4. The lowest BCUT2D eigenvalue weighted by Gasteiger charge is -2.08. The number of ether oxygens (including phenoxy) is 2. The molecule has 0 aliphatic rings. The first-order valence-corrected chi connectivity index (χ1v) is 12.1. The lowest BCUT2D eigenvalue weighted by molar-refractivity contribution is -0.141. The van der Waals surface area contributed by atoms with Crippen molar-refractivity contribution < 1.29 is 29.0 Å². The number of benzene rings is 2. The van der Waals surface area contributed by atoms with Gasteiger partial charge in [-0.05, 0) is 60.5 Å². The van der Waals surface area contributed by atoms with Gasteiger partial charge in [0.15, 0.2) is 6.61 Å². The summed E-state index contributed by atoms with van der Waals surface area (Å²) >= 11 is 0. The van der Waals surface area contributed by atoms with Gasteiger partial charge in [-0.1, -0.05) is 18.2 Å². The monoisotopic (exact) mass is 541 g/mol. The predicted molar refractivity (Wildman–Crippen MR) is 145 cm³/mol. The van der Waals surface area contributed by atoms with Crippen molar-refractivity contribution >= 4 is 34.1 Å². The molecule has 0 spiro atoms. The number of aromatic amines is 1. The molecule has 0 aliphatic carbocycles. The number of pyridine rings is 1. The van der Waals surface area contributed by atoms with E-state index < -0.39 is 36.3 Å². The molecule has 40 heavy (non-hydrogen) atoms. The summed E-state index contributed by atoms with van der Waals surface area (Å²) in [6, 6.07) is 16.8. The van der Waals surface area contributed by atoms with Gasteiger partial charge in [-0.25, -0.2) is 14.2 Å². The predicted octanol–water partition coefficient (Wildman–Crippen LogP) is 2.79. The Kier molecular flexibility index (Phi) is 6.78. The van der Waals surface area contributed by atoms with E-state index in [0.29, 0.717) is 17.0 Å². The number of ketones is 1. The first-order chi connectivity index (χ1) is 19.2. The van der Waals surface area contributed by atoms with Crippen molar-refractivity contribution in [3.63, 3.8) is 0 Å². The minimum absolute atomic E-state index is 0.0741. The van der Waals surface area contributed by atoms with Gasteiger partial charge in [0.2, 0.25) is 5.78 Å². The zero-order valence-corrected chi connectivity index (χ0v) is 21.5. The number of carbonyl (C=O) groups excluding carboxylic acids is 2. The maximum absolute atomic E-state index is 13.9. The van der Waals surface area contributed by atoms with Crippen LogP contribution in [0, 0.1) is 6.92 Å². The molecule has 3 aromatic heterocycles. The number of aliphatic carboxylic acids is 1. The van der Waals surface area contributed by atoms with Crippen molar-refractivity contribution in [3.8, 4) is 16.9 Å². The van der Waals surface area contributed by atoms with E-state index in [9.17, 15) is 24.0 Å². The summed E-state index contributed by atoms with van der Waals surface area (Å²) in [6.07, 6.45) is 1.77. The quantitative estimate of drug-likeness (QED) is 0.225. The van der Waals surface area contributed by atoms with Crippen LogP contribution < -0.4 is 16.0 Å². The van der Waals surface area contributed by atoms with Gasteiger partial charge in [0.05, 0.1) is 29.2 Å². The smallest absolute Gasteiger partial charge is 0.341 e. The van der Waals surface area contributed by atoms with Crippen LogP contribution in [0.4, 0.5) is 0 Å². The summed E-state index contributed by atoms with van der Waals surface area (Å²) in [5.41, 5.74) is 2.42. The number of carboxylic acids is 1. The van der Waals surface area contributed by atoms with Gasteiger partial charge < -0.3 is 24.0 Å². The summed E-state index contributed by atoms with van der Waals surface area (Å²) in [4.78, 5) is 64.4. The molecule has 0 bridgehead atoms. The van der Waals surface area contributed by atoms with Crippen LogP contribution in [0.1, 0.15) is 21.6 Å². The van der Waals surface area contributed by atoms with E-state index in [1.165, 1.54) is 18.2 Å². The van der Waals surface area contributed by atoms with Crippen LogP contribution in [0.25, 0.3) is 27.5 Å². The van der Waals surface area contributed by atoms with Crippen molar-refractivity contribution in [1.82, 2.24) is 14.0 Å². The molecule has 5 rings (SSSR count). The van der Waals surface area contributed by atoms with Gasteiger partial charge in [-0.3, -0.25) is 14.4 Å². The molecule has 0 saturated heterocycles. The maximum Gasteiger partial charge on any atom is 0.341 e. The minimum Gasteiger partial charge on any atom is -0.482 e. The third-order valence-corrected chi connectivity index (χ3v) is 6.57. The molecule has 0 unspecified atom stereocenters.